The molecule has 36 heavy (non-hydrogen) atoms. The van der Waals surface area contributed by atoms with E-state index in [2.05, 4.69) is 4.98 Å². The van der Waals surface area contributed by atoms with Crippen LogP contribution >= 0.6 is 0 Å². The molecule has 3 aromatic rings. The Bertz CT molecular complexity index is 1260. The molecule has 0 aliphatic rings. The second-order valence-electron chi connectivity index (χ2n) is 9.20. The van der Waals surface area contributed by atoms with Gasteiger partial charge in [-0.25, -0.2) is 18.6 Å². The number of nitrogens with zero attached hydrogens (tertiary/aromatic N) is 2. The van der Waals surface area contributed by atoms with E-state index in [0.717, 1.165) is 23.8 Å². The van der Waals surface area contributed by atoms with Crippen LogP contribution in [0, 0.1) is 32.4 Å². The number of benzene rings is 2. The van der Waals surface area contributed by atoms with Crippen molar-refractivity contribution in [3.63, 3.8) is 0 Å². The summed E-state index contributed by atoms with van der Waals surface area (Å²) in [5, 5.41) is 18.8. The van der Waals surface area contributed by atoms with Crippen molar-refractivity contribution in [2.24, 2.45) is 0 Å². The summed E-state index contributed by atoms with van der Waals surface area (Å²) in [5.41, 5.74) is 1.37. The second-order valence-corrected chi connectivity index (χ2v) is 9.20. The Morgan fingerprint density at radius 2 is 1.58 bits per heavy atom. The highest BCUT2D eigenvalue weighted by molar-refractivity contribution is 5.77. The number of hydrogen-bond acceptors (Lipinski definition) is 6. The number of carbonyl (C=O) groups is 2. The van der Waals surface area contributed by atoms with Crippen molar-refractivity contribution in [2.75, 3.05) is 6.54 Å². The average molecular weight is 503 g/mol. The Morgan fingerprint density at radius 1 is 1.00 bits per heavy atom. The van der Waals surface area contributed by atoms with Crippen LogP contribution in [0.3, 0.4) is 0 Å². The highest BCUT2D eigenvalue weighted by Crippen LogP contribution is 2.30. The maximum absolute atomic E-state index is 13.6. The molecule has 1 aromatic heterocycles. The fraction of sp³-hybridized carbons (Fsp3) is 0.346. The van der Waals surface area contributed by atoms with Crippen LogP contribution in [-0.2, 0) is 22.7 Å². The van der Waals surface area contributed by atoms with Gasteiger partial charge in [0.1, 0.15) is 23.1 Å². The fourth-order valence-electron chi connectivity index (χ4n) is 3.80. The number of aryl methyl sites for hydroxylation is 3. The van der Waals surface area contributed by atoms with E-state index in [0.29, 0.717) is 28.3 Å². The van der Waals surface area contributed by atoms with E-state index in [4.69, 9.17) is 9.15 Å². The molecule has 0 saturated carbocycles. The van der Waals surface area contributed by atoms with Crippen molar-refractivity contribution in [1.29, 1.82) is 0 Å². The highest BCUT2D eigenvalue weighted by atomic mass is 19.1. The van der Waals surface area contributed by atoms with E-state index in [1.165, 1.54) is 13.8 Å². The SMILES string of the molecule is Cc1cc(CN(CC(=O)O)Cc2nc(-c3cc(F)cc(F)c3)oc2C)cc(C)c1OC(C)(C)C(=O)O. The first-order chi connectivity index (χ1) is 16.7. The number of carboxylic acid groups (broad SMARTS) is 2. The maximum atomic E-state index is 13.6. The Kier molecular flexibility index (Phi) is 7.78. The van der Waals surface area contributed by atoms with Gasteiger partial charge in [-0.15, -0.1) is 0 Å². The van der Waals surface area contributed by atoms with Crippen molar-refractivity contribution in [1.82, 2.24) is 9.88 Å². The molecule has 0 fully saturated rings. The summed E-state index contributed by atoms with van der Waals surface area (Å²) < 4.78 is 38.6. The van der Waals surface area contributed by atoms with Gasteiger partial charge in [-0.3, -0.25) is 9.69 Å². The van der Waals surface area contributed by atoms with Gasteiger partial charge in [-0.2, -0.15) is 0 Å². The van der Waals surface area contributed by atoms with Crippen molar-refractivity contribution < 1.29 is 37.7 Å². The van der Waals surface area contributed by atoms with Crippen LogP contribution in [0.1, 0.15) is 42.0 Å². The Hall–Kier alpha value is -3.79. The molecule has 1 heterocycles. The fourth-order valence-corrected chi connectivity index (χ4v) is 3.80. The van der Waals surface area contributed by atoms with Crippen molar-refractivity contribution in [2.45, 2.75) is 53.3 Å². The van der Waals surface area contributed by atoms with Gasteiger partial charge in [0.05, 0.1) is 12.2 Å². The number of aromatic nitrogens is 1. The zero-order chi connectivity index (χ0) is 26.8. The number of ether oxygens (including phenoxy) is 1. The first-order valence-corrected chi connectivity index (χ1v) is 11.1. The summed E-state index contributed by atoms with van der Waals surface area (Å²) in [6.45, 7) is 8.21. The van der Waals surface area contributed by atoms with Crippen LogP contribution in [0.15, 0.2) is 34.7 Å². The number of aliphatic carboxylic acids is 2. The lowest BCUT2D eigenvalue weighted by molar-refractivity contribution is -0.152. The van der Waals surface area contributed by atoms with E-state index in [1.807, 2.05) is 12.1 Å². The first-order valence-electron chi connectivity index (χ1n) is 11.1. The number of rotatable bonds is 10. The summed E-state index contributed by atoms with van der Waals surface area (Å²) in [6.07, 6.45) is 0. The van der Waals surface area contributed by atoms with E-state index in [1.54, 1.807) is 25.7 Å². The van der Waals surface area contributed by atoms with Crippen LogP contribution in [0.2, 0.25) is 0 Å². The molecule has 0 saturated heterocycles. The summed E-state index contributed by atoms with van der Waals surface area (Å²) >= 11 is 0. The van der Waals surface area contributed by atoms with Crippen LogP contribution in [0.5, 0.6) is 5.75 Å². The van der Waals surface area contributed by atoms with Crippen molar-refractivity contribution >= 4 is 11.9 Å². The molecular formula is C26H28F2N2O6. The number of hydrogen-bond donors (Lipinski definition) is 2. The third-order valence-electron chi connectivity index (χ3n) is 5.53. The predicted octanol–water partition coefficient (Wildman–Crippen LogP) is 4.87. The predicted molar refractivity (Wildman–Crippen MR) is 127 cm³/mol. The summed E-state index contributed by atoms with van der Waals surface area (Å²) in [6, 6.07) is 6.58. The van der Waals surface area contributed by atoms with Crippen LogP contribution < -0.4 is 4.74 Å². The molecule has 2 N–H and O–H groups in total. The number of carboxylic acids is 2. The maximum Gasteiger partial charge on any atom is 0.347 e. The zero-order valence-corrected chi connectivity index (χ0v) is 20.7. The minimum absolute atomic E-state index is 0.0328. The average Bonchev–Trinajstić information content (AvgIpc) is 3.10. The van der Waals surface area contributed by atoms with Crippen LogP contribution in [-0.4, -0.2) is 44.2 Å². The molecule has 0 atom stereocenters. The second kappa shape index (κ2) is 10.4. The Morgan fingerprint density at radius 3 is 2.11 bits per heavy atom. The lowest BCUT2D eigenvalue weighted by Gasteiger charge is -2.25. The standard InChI is InChI=1S/C26H28F2N2O6/c1-14-6-17(7-15(2)23(14)36-26(4,5)25(33)34)11-30(13-22(31)32)12-21-16(3)35-24(29-21)18-8-19(27)10-20(28)9-18/h6-10H,11-13H2,1-5H3,(H,31,32)(H,33,34). The number of halogens is 2. The molecule has 8 nitrogen and oxygen atoms in total. The van der Waals surface area contributed by atoms with Gasteiger partial charge in [-0.05, 0) is 63.4 Å². The van der Waals surface area contributed by atoms with Gasteiger partial charge >= 0.3 is 11.9 Å². The smallest absolute Gasteiger partial charge is 0.347 e. The molecule has 0 bridgehead atoms. The van der Waals surface area contributed by atoms with Gasteiger partial charge in [0, 0.05) is 24.7 Å². The molecule has 10 heteroatoms. The van der Waals surface area contributed by atoms with Gasteiger partial charge in [0.15, 0.2) is 5.60 Å². The van der Waals surface area contributed by atoms with Crippen molar-refractivity contribution in [3.05, 3.63) is 70.1 Å². The monoisotopic (exact) mass is 502 g/mol. The molecule has 0 radical (unpaired) electrons. The van der Waals surface area contributed by atoms with Crippen LogP contribution in [0.25, 0.3) is 11.5 Å². The van der Waals surface area contributed by atoms with Gasteiger partial charge in [0.25, 0.3) is 0 Å². The molecule has 2 aromatic carbocycles. The topological polar surface area (TPSA) is 113 Å². The van der Waals surface area contributed by atoms with Crippen molar-refractivity contribution in [3.8, 4) is 17.2 Å². The highest BCUT2D eigenvalue weighted by Gasteiger charge is 2.30. The lowest BCUT2D eigenvalue weighted by Crippen LogP contribution is -2.38. The van der Waals surface area contributed by atoms with E-state index in [9.17, 15) is 28.6 Å². The van der Waals surface area contributed by atoms with Gasteiger partial charge in [-0.1, -0.05) is 12.1 Å². The van der Waals surface area contributed by atoms with Crippen LogP contribution in [0.4, 0.5) is 8.78 Å². The molecule has 192 valence electrons. The summed E-state index contributed by atoms with van der Waals surface area (Å²) in [4.78, 5) is 29.0. The third-order valence-corrected chi connectivity index (χ3v) is 5.53. The lowest BCUT2D eigenvalue weighted by atomic mass is 10.0. The van der Waals surface area contributed by atoms with E-state index in [-0.39, 0.29) is 31.1 Å². The molecule has 0 unspecified atom stereocenters. The Balaban J connectivity index is 1.85. The normalized spacial score (nSPS) is 11.7. The summed E-state index contributed by atoms with van der Waals surface area (Å²) in [7, 11) is 0. The van der Waals surface area contributed by atoms with Gasteiger partial charge in [0.2, 0.25) is 5.89 Å². The molecule has 0 aliphatic carbocycles. The van der Waals surface area contributed by atoms with E-state index < -0.39 is 29.2 Å². The molecule has 0 amide bonds. The Labute approximate surface area is 207 Å². The quantitative estimate of drug-likeness (QED) is 0.404. The minimum Gasteiger partial charge on any atom is -0.480 e. The van der Waals surface area contributed by atoms with E-state index >= 15 is 0 Å². The minimum atomic E-state index is -1.42. The third kappa shape index (κ3) is 6.45. The molecule has 0 spiro atoms. The summed E-state index contributed by atoms with van der Waals surface area (Å²) in [5.74, 6) is -2.78. The van der Waals surface area contributed by atoms with Gasteiger partial charge < -0.3 is 19.4 Å². The molecule has 3 rings (SSSR count). The first kappa shape index (κ1) is 26.8. The molecule has 0 aliphatic heterocycles. The zero-order valence-electron chi connectivity index (χ0n) is 20.7. The number of oxazole rings is 1. The molecular weight excluding hydrogens is 474 g/mol. The largest absolute Gasteiger partial charge is 0.480 e.